The third-order valence-electron chi connectivity index (χ3n) is 5.64. The molecule has 7 nitrogen and oxygen atoms in total. The molecule has 2 aromatic carbocycles. The molecule has 34 heavy (non-hydrogen) atoms. The largest absolute Gasteiger partial charge is 0.496 e. The number of methoxy groups -OCH3 is 1. The van der Waals surface area contributed by atoms with Gasteiger partial charge in [-0.2, -0.15) is 0 Å². The molecule has 0 aliphatic carbocycles. The van der Waals surface area contributed by atoms with Gasteiger partial charge in [0.1, 0.15) is 22.9 Å². The highest BCUT2D eigenvalue weighted by Crippen LogP contribution is 2.31. The predicted octanol–water partition coefficient (Wildman–Crippen LogP) is 3.69. The number of hydrogen-bond donors (Lipinski definition) is 1. The smallest absolute Gasteiger partial charge is 0.263 e. The lowest BCUT2D eigenvalue weighted by molar-refractivity contribution is -0.121. The Morgan fingerprint density at radius 2 is 1.94 bits per heavy atom. The summed E-state index contributed by atoms with van der Waals surface area (Å²) in [5.41, 5.74) is 2.04. The van der Waals surface area contributed by atoms with Gasteiger partial charge in [-0.15, -0.1) is 11.3 Å². The summed E-state index contributed by atoms with van der Waals surface area (Å²) in [5, 5.41) is 5.17. The number of likely N-dealkylation sites (N-methyl/N-ethyl adjacent to an activating group) is 1. The highest BCUT2D eigenvalue weighted by Gasteiger charge is 2.20. The van der Waals surface area contributed by atoms with E-state index in [0.717, 1.165) is 16.9 Å². The zero-order valence-electron chi connectivity index (χ0n) is 19.1. The van der Waals surface area contributed by atoms with Gasteiger partial charge in [-0.25, -0.2) is 9.37 Å². The normalized spacial score (nSPS) is 12.1. The number of thiophene rings is 1. The van der Waals surface area contributed by atoms with Crippen molar-refractivity contribution in [3.63, 3.8) is 0 Å². The molecule has 1 N–H and O–H groups in total. The molecule has 4 aromatic rings. The van der Waals surface area contributed by atoms with Crippen molar-refractivity contribution in [3.05, 3.63) is 82.0 Å². The number of fused-ring (bicyclic) bond motifs is 1. The highest BCUT2D eigenvalue weighted by atomic mass is 32.1. The van der Waals surface area contributed by atoms with Crippen LogP contribution in [0, 0.1) is 5.82 Å². The third kappa shape index (κ3) is 4.85. The SMILES string of the molecule is COc1ccccc1[C@@H](CNC(=O)Cn1cnc2scc(-c3ccc(F)cc3)c2c1=O)N(C)C. The molecule has 0 saturated heterocycles. The first-order valence-corrected chi connectivity index (χ1v) is 11.6. The van der Waals surface area contributed by atoms with Gasteiger partial charge >= 0.3 is 0 Å². The quantitative estimate of drug-likeness (QED) is 0.416. The van der Waals surface area contributed by atoms with Crippen LogP contribution >= 0.6 is 11.3 Å². The molecule has 1 atom stereocenters. The maximum absolute atomic E-state index is 13.3. The second-order valence-corrected chi connectivity index (χ2v) is 8.90. The van der Waals surface area contributed by atoms with Gasteiger partial charge in [0.2, 0.25) is 5.91 Å². The van der Waals surface area contributed by atoms with Crippen LogP contribution in [-0.4, -0.2) is 48.1 Å². The molecule has 0 radical (unpaired) electrons. The lowest BCUT2D eigenvalue weighted by atomic mass is 10.0. The molecule has 2 heterocycles. The second kappa shape index (κ2) is 10.1. The highest BCUT2D eigenvalue weighted by molar-refractivity contribution is 7.17. The summed E-state index contributed by atoms with van der Waals surface area (Å²) in [6, 6.07) is 13.5. The minimum atomic E-state index is -0.348. The van der Waals surface area contributed by atoms with E-state index in [4.69, 9.17) is 4.74 Å². The van der Waals surface area contributed by atoms with Crippen molar-refractivity contribution >= 4 is 27.5 Å². The number of carbonyl (C=O) groups is 1. The van der Waals surface area contributed by atoms with Gasteiger partial charge in [-0.05, 0) is 37.9 Å². The fourth-order valence-electron chi connectivity index (χ4n) is 3.86. The van der Waals surface area contributed by atoms with Crippen LogP contribution in [0.3, 0.4) is 0 Å². The Morgan fingerprint density at radius 1 is 1.21 bits per heavy atom. The van der Waals surface area contributed by atoms with Crippen LogP contribution in [0.1, 0.15) is 11.6 Å². The number of ether oxygens (including phenoxy) is 1. The summed E-state index contributed by atoms with van der Waals surface area (Å²) in [5.74, 6) is 0.0929. The van der Waals surface area contributed by atoms with Gasteiger partial charge < -0.3 is 15.0 Å². The van der Waals surface area contributed by atoms with Gasteiger partial charge in [-0.3, -0.25) is 14.2 Å². The van der Waals surface area contributed by atoms with Crippen molar-refractivity contribution in [1.29, 1.82) is 0 Å². The summed E-state index contributed by atoms with van der Waals surface area (Å²) in [7, 11) is 5.47. The molecule has 0 unspecified atom stereocenters. The van der Waals surface area contributed by atoms with Crippen molar-refractivity contribution in [2.75, 3.05) is 27.7 Å². The number of carbonyl (C=O) groups excluding carboxylic acids is 1. The van der Waals surface area contributed by atoms with Gasteiger partial charge in [0, 0.05) is 23.1 Å². The van der Waals surface area contributed by atoms with Crippen LogP contribution in [0.25, 0.3) is 21.3 Å². The molecule has 4 rings (SSSR count). The van der Waals surface area contributed by atoms with Crippen LogP contribution < -0.4 is 15.6 Å². The Bertz CT molecular complexity index is 1360. The number of benzene rings is 2. The minimum absolute atomic E-state index is 0.112. The molecule has 0 aliphatic heterocycles. The lowest BCUT2D eigenvalue weighted by Crippen LogP contribution is -2.38. The monoisotopic (exact) mass is 480 g/mol. The van der Waals surface area contributed by atoms with Crippen LogP contribution in [0.4, 0.5) is 4.39 Å². The van der Waals surface area contributed by atoms with Crippen molar-refractivity contribution in [2.24, 2.45) is 0 Å². The van der Waals surface area contributed by atoms with Crippen molar-refractivity contribution < 1.29 is 13.9 Å². The summed E-state index contributed by atoms with van der Waals surface area (Å²) in [6.45, 7) is 0.183. The Kier molecular flexibility index (Phi) is 7.04. The summed E-state index contributed by atoms with van der Waals surface area (Å²) < 4.78 is 20.1. The maximum Gasteiger partial charge on any atom is 0.263 e. The van der Waals surface area contributed by atoms with Crippen LogP contribution in [-0.2, 0) is 11.3 Å². The third-order valence-corrected chi connectivity index (χ3v) is 6.53. The fourth-order valence-corrected chi connectivity index (χ4v) is 4.76. The molecule has 0 bridgehead atoms. The molecule has 1 amide bonds. The van der Waals surface area contributed by atoms with E-state index in [1.807, 2.05) is 48.6 Å². The van der Waals surface area contributed by atoms with E-state index in [9.17, 15) is 14.0 Å². The van der Waals surface area contributed by atoms with E-state index in [1.165, 1.54) is 34.4 Å². The van der Waals surface area contributed by atoms with E-state index in [1.54, 1.807) is 19.2 Å². The Labute approximate surface area is 200 Å². The lowest BCUT2D eigenvalue weighted by Gasteiger charge is -2.26. The number of hydrogen-bond acceptors (Lipinski definition) is 6. The maximum atomic E-state index is 13.3. The summed E-state index contributed by atoms with van der Waals surface area (Å²) in [4.78, 5) is 32.9. The van der Waals surface area contributed by atoms with E-state index in [0.29, 0.717) is 22.3 Å². The fraction of sp³-hybridized carbons (Fsp3) is 0.240. The second-order valence-electron chi connectivity index (χ2n) is 8.04. The first kappa shape index (κ1) is 23.6. The Balaban J connectivity index is 1.54. The van der Waals surface area contributed by atoms with E-state index in [-0.39, 0.29) is 29.9 Å². The van der Waals surface area contributed by atoms with E-state index in [2.05, 4.69) is 10.3 Å². The number of nitrogens with one attached hydrogen (secondary N) is 1. The number of para-hydroxylation sites is 1. The number of halogens is 1. The van der Waals surface area contributed by atoms with E-state index < -0.39 is 0 Å². The van der Waals surface area contributed by atoms with Crippen LogP contribution in [0.15, 0.2) is 65.0 Å². The zero-order chi connectivity index (χ0) is 24.2. The summed E-state index contributed by atoms with van der Waals surface area (Å²) in [6.07, 6.45) is 1.39. The first-order chi connectivity index (χ1) is 16.4. The Hall–Kier alpha value is -3.56. The first-order valence-electron chi connectivity index (χ1n) is 10.7. The molecule has 0 saturated carbocycles. The average molecular weight is 481 g/mol. The standard InChI is InChI=1S/C25H25FN4O3S/c1-29(2)20(18-6-4-5-7-21(18)33-3)12-27-22(31)13-30-15-28-24-23(25(30)32)19(14-34-24)16-8-10-17(26)11-9-16/h4-11,14-15,20H,12-13H2,1-3H3,(H,27,31)/t20-/m1/s1. The molecule has 2 aromatic heterocycles. The number of nitrogens with zero attached hydrogens (tertiary/aromatic N) is 3. The van der Waals surface area contributed by atoms with Crippen molar-refractivity contribution in [1.82, 2.24) is 19.8 Å². The molecular formula is C25H25FN4O3S. The zero-order valence-corrected chi connectivity index (χ0v) is 19.9. The Morgan fingerprint density at radius 3 is 2.65 bits per heavy atom. The minimum Gasteiger partial charge on any atom is -0.496 e. The molecule has 9 heteroatoms. The van der Waals surface area contributed by atoms with Crippen molar-refractivity contribution in [3.8, 4) is 16.9 Å². The van der Waals surface area contributed by atoms with Gasteiger partial charge in [0.25, 0.3) is 5.56 Å². The van der Waals surface area contributed by atoms with Crippen molar-refractivity contribution in [2.45, 2.75) is 12.6 Å². The summed E-state index contributed by atoms with van der Waals surface area (Å²) >= 11 is 1.34. The molecular weight excluding hydrogens is 455 g/mol. The van der Waals surface area contributed by atoms with Gasteiger partial charge in [0.05, 0.1) is 24.9 Å². The van der Waals surface area contributed by atoms with E-state index >= 15 is 0 Å². The predicted molar refractivity (Wildman–Crippen MR) is 132 cm³/mol. The van der Waals surface area contributed by atoms with Gasteiger partial charge in [-0.1, -0.05) is 30.3 Å². The molecule has 0 fully saturated rings. The van der Waals surface area contributed by atoms with Crippen LogP contribution in [0.2, 0.25) is 0 Å². The topological polar surface area (TPSA) is 76.5 Å². The molecule has 0 aliphatic rings. The molecule has 176 valence electrons. The average Bonchev–Trinajstić information content (AvgIpc) is 3.26. The molecule has 0 spiro atoms. The van der Waals surface area contributed by atoms with Crippen LogP contribution in [0.5, 0.6) is 5.75 Å². The van der Waals surface area contributed by atoms with Gasteiger partial charge in [0.15, 0.2) is 0 Å². The number of amides is 1. The number of aromatic nitrogens is 2. The number of rotatable bonds is 8.